The number of nitro groups is 1. The van der Waals surface area contributed by atoms with Crippen LogP contribution in [0.1, 0.15) is 17.3 Å². The Morgan fingerprint density at radius 2 is 1.61 bits per heavy atom. The Balaban J connectivity index is 2.07. The standard InChI is InChI=1S/C18H16Cl3N5O4S/c1-10(27)22-12-3-2-4-13(9-12)23-17(31)25-16(18(19,20)21)24-15(28)11-5-7-14(8-6-11)26(29)30/h2-9,16H,1H3,(H,22,27)(H,24,28)(H2,23,25,31). The lowest BCUT2D eigenvalue weighted by Crippen LogP contribution is -2.56. The molecule has 164 valence electrons. The molecule has 4 N–H and O–H groups in total. The second-order valence-electron chi connectivity index (χ2n) is 6.11. The molecule has 1 atom stereocenters. The van der Waals surface area contributed by atoms with Gasteiger partial charge in [-0.15, -0.1) is 0 Å². The van der Waals surface area contributed by atoms with Crippen LogP contribution in [0.25, 0.3) is 0 Å². The number of nitrogens with zero attached hydrogens (tertiary/aromatic N) is 1. The van der Waals surface area contributed by atoms with Gasteiger partial charge in [0.05, 0.1) is 4.92 Å². The lowest BCUT2D eigenvalue weighted by atomic mass is 10.2. The summed E-state index contributed by atoms with van der Waals surface area (Å²) in [5.41, 5.74) is 1.03. The van der Waals surface area contributed by atoms with Crippen molar-refractivity contribution in [2.75, 3.05) is 10.6 Å². The molecule has 9 nitrogen and oxygen atoms in total. The summed E-state index contributed by atoms with van der Waals surface area (Å²) in [6.07, 6.45) is -1.24. The van der Waals surface area contributed by atoms with Gasteiger partial charge in [-0.1, -0.05) is 40.9 Å². The highest BCUT2D eigenvalue weighted by molar-refractivity contribution is 7.80. The van der Waals surface area contributed by atoms with Gasteiger partial charge < -0.3 is 21.3 Å². The fourth-order valence-electron chi connectivity index (χ4n) is 2.32. The van der Waals surface area contributed by atoms with Crippen LogP contribution in [0.2, 0.25) is 0 Å². The predicted molar refractivity (Wildman–Crippen MR) is 125 cm³/mol. The second-order valence-corrected chi connectivity index (χ2v) is 8.89. The van der Waals surface area contributed by atoms with Crippen LogP contribution in [-0.4, -0.2) is 31.8 Å². The number of carbonyl (C=O) groups excluding carboxylic acids is 2. The quantitative estimate of drug-likeness (QED) is 0.154. The van der Waals surface area contributed by atoms with Gasteiger partial charge in [0.15, 0.2) is 5.11 Å². The number of halogens is 3. The molecule has 0 fully saturated rings. The molecule has 0 aromatic heterocycles. The van der Waals surface area contributed by atoms with Gasteiger partial charge in [-0.3, -0.25) is 19.7 Å². The van der Waals surface area contributed by atoms with Crippen LogP contribution in [0.3, 0.4) is 0 Å². The molecule has 2 amide bonds. The number of amides is 2. The largest absolute Gasteiger partial charge is 0.339 e. The van der Waals surface area contributed by atoms with Gasteiger partial charge >= 0.3 is 0 Å². The summed E-state index contributed by atoms with van der Waals surface area (Å²) < 4.78 is -1.99. The van der Waals surface area contributed by atoms with Gasteiger partial charge in [-0.2, -0.15) is 0 Å². The summed E-state index contributed by atoms with van der Waals surface area (Å²) in [4.78, 5) is 33.8. The average Bonchev–Trinajstić information content (AvgIpc) is 2.66. The van der Waals surface area contributed by atoms with Crippen LogP contribution < -0.4 is 21.3 Å². The van der Waals surface area contributed by atoms with E-state index >= 15 is 0 Å². The Hall–Kier alpha value is -2.66. The number of thiocarbonyl (C=S) groups is 1. The van der Waals surface area contributed by atoms with Crippen LogP contribution >= 0.6 is 47.0 Å². The normalized spacial score (nSPS) is 11.7. The first-order chi connectivity index (χ1) is 14.5. The summed E-state index contributed by atoms with van der Waals surface area (Å²) in [7, 11) is 0. The number of rotatable bonds is 6. The number of carbonyl (C=O) groups is 2. The third kappa shape index (κ3) is 7.83. The molecular formula is C18H16Cl3N5O4S. The van der Waals surface area contributed by atoms with E-state index in [0.717, 1.165) is 0 Å². The van der Waals surface area contributed by atoms with Crippen molar-refractivity contribution in [2.24, 2.45) is 0 Å². The number of hydrogen-bond donors (Lipinski definition) is 4. The van der Waals surface area contributed by atoms with Crippen molar-refractivity contribution in [1.29, 1.82) is 0 Å². The number of alkyl halides is 3. The highest BCUT2D eigenvalue weighted by Crippen LogP contribution is 2.29. The Morgan fingerprint density at radius 1 is 1.03 bits per heavy atom. The van der Waals surface area contributed by atoms with Crippen molar-refractivity contribution in [3.05, 3.63) is 64.2 Å². The van der Waals surface area contributed by atoms with Gasteiger partial charge in [0, 0.05) is 36.0 Å². The zero-order valence-electron chi connectivity index (χ0n) is 15.8. The van der Waals surface area contributed by atoms with Gasteiger partial charge in [-0.25, -0.2) is 0 Å². The maximum atomic E-state index is 12.5. The molecule has 0 saturated heterocycles. The number of anilines is 2. The van der Waals surface area contributed by atoms with Gasteiger partial charge in [0.25, 0.3) is 11.6 Å². The van der Waals surface area contributed by atoms with Crippen LogP contribution in [0.15, 0.2) is 48.5 Å². The highest BCUT2D eigenvalue weighted by Gasteiger charge is 2.35. The summed E-state index contributed by atoms with van der Waals surface area (Å²) in [5.74, 6) is -0.878. The highest BCUT2D eigenvalue weighted by atomic mass is 35.6. The van der Waals surface area contributed by atoms with E-state index < -0.39 is 20.8 Å². The number of nitro benzene ring substituents is 1. The van der Waals surface area contributed by atoms with Gasteiger partial charge in [0.2, 0.25) is 9.70 Å². The van der Waals surface area contributed by atoms with Crippen LogP contribution in [0, 0.1) is 10.1 Å². The van der Waals surface area contributed by atoms with E-state index in [1.165, 1.54) is 31.2 Å². The zero-order chi connectivity index (χ0) is 23.2. The Kier molecular flexibility index (Phi) is 8.40. The SMILES string of the molecule is CC(=O)Nc1cccc(NC(=S)NC(NC(=O)c2ccc([N+](=O)[O-])cc2)C(Cl)(Cl)Cl)c1. The lowest BCUT2D eigenvalue weighted by Gasteiger charge is -2.27. The molecule has 13 heteroatoms. The van der Waals surface area contributed by atoms with Crippen LogP contribution in [-0.2, 0) is 4.79 Å². The molecule has 0 spiro atoms. The molecule has 0 heterocycles. The minimum absolute atomic E-state index is 0.0281. The molecule has 2 aromatic carbocycles. The van der Waals surface area contributed by atoms with Crippen molar-refractivity contribution in [2.45, 2.75) is 16.9 Å². The second kappa shape index (κ2) is 10.6. The third-order valence-electron chi connectivity index (χ3n) is 3.66. The molecule has 0 radical (unpaired) electrons. The monoisotopic (exact) mass is 503 g/mol. The summed E-state index contributed by atoms with van der Waals surface area (Å²) in [6.45, 7) is 1.38. The van der Waals surface area contributed by atoms with Crippen molar-refractivity contribution in [3.8, 4) is 0 Å². The minimum Gasteiger partial charge on any atom is -0.339 e. The topological polar surface area (TPSA) is 125 Å². The number of benzene rings is 2. The molecule has 1 unspecified atom stereocenters. The van der Waals surface area contributed by atoms with E-state index in [9.17, 15) is 19.7 Å². The predicted octanol–water partition coefficient (Wildman–Crippen LogP) is 3.97. The van der Waals surface area contributed by atoms with Crippen LogP contribution in [0.5, 0.6) is 0 Å². The smallest absolute Gasteiger partial charge is 0.269 e. The maximum absolute atomic E-state index is 12.5. The fourth-order valence-corrected chi connectivity index (χ4v) is 2.89. The molecule has 31 heavy (non-hydrogen) atoms. The molecule has 2 aromatic rings. The van der Waals surface area contributed by atoms with Crippen LogP contribution in [0.4, 0.5) is 17.1 Å². The molecule has 2 rings (SSSR count). The van der Waals surface area contributed by atoms with E-state index in [0.29, 0.717) is 11.4 Å². The Labute approximate surface area is 197 Å². The van der Waals surface area contributed by atoms with Gasteiger partial charge in [0.1, 0.15) is 6.17 Å². The first-order valence-corrected chi connectivity index (χ1v) is 10.1. The fraction of sp³-hybridized carbons (Fsp3) is 0.167. The van der Waals surface area contributed by atoms with Crippen molar-refractivity contribution in [1.82, 2.24) is 10.6 Å². The summed E-state index contributed by atoms with van der Waals surface area (Å²) in [6, 6.07) is 11.6. The summed E-state index contributed by atoms with van der Waals surface area (Å²) in [5, 5.41) is 21.4. The van der Waals surface area contributed by atoms with Crippen molar-refractivity contribution < 1.29 is 14.5 Å². The number of non-ortho nitro benzene ring substituents is 1. The molecule has 0 aliphatic carbocycles. The molecule has 0 saturated carbocycles. The zero-order valence-corrected chi connectivity index (χ0v) is 18.9. The lowest BCUT2D eigenvalue weighted by molar-refractivity contribution is -0.384. The van der Waals surface area contributed by atoms with E-state index in [1.807, 2.05) is 0 Å². The first kappa shape index (κ1) is 24.6. The van der Waals surface area contributed by atoms with E-state index in [1.54, 1.807) is 24.3 Å². The molecule has 0 aliphatic rings. The first-order valence-electron chi connectivity index (χ1n) is 8.53. The van der Waals surface area contributed by atoms with Crippen molar-refractivity contribution >= 4 is 81.0 Å². The maximum Gasteiger partial charge on any atom is 0.269 e. The number of hydrogen-bond acceptors (Lipinski definition) is 5. The Bertz CT molecular complexity index is 998. The van der Waals surface area contributed by atoms with Gasteiger partial charge in [-0.05, 0) is 42.5 Å². The average molecular weight is 505 g/mol. The minimum atomic E-state index is -1.99. The summed E-state index contributed by atoms with van der Waals surface area (Å²) >= 11 is 23.1. The Morgan fingerprint density at radius 3 is 2.13 bits per heavy atom. The molecular weight excluding hydrogens is 489 g/mol. The van der Waals surface area contributed by atoms with E-state index in [2.05, 4.69) is 21.3 Å². The van der Waals surface area contributed by atoms with E-state index in [-0.39, 0.29) is 22.3 Å². The molecule has 0 bridgehead atoms. The van der Waals surface area contributed by atoms with E-state index in [4.69, 9.17) is 47.0 Å². The number of nitrogens with one attached hydrogen (secondary N) is 4. The third-order valence-corrected chi connectivity index (χ3v) is 4.53. The van der Waals surface area contributed by atoms with Crippen molar-refractivity contribution in [3.63, 3.8) is 0 Å². The molecule has 0 aliphatic heterocycles.